The van der Waals surface area contributed by atoms with Gasteiger partial charge in [0.15, 0.2) is 0 Å². The molecular weight excluding hydrogens is 376 g/mol. The van der Waals surface area contributed by atoms with Crippen molar-refractivity contribution < 1.29 is 18.3 Å². The molecule has 1 fully saturated rings. The van der Waals surface area contributed by atoms with Crippen molar-refractivity contribution >= 4 is 33.3 Å². The largest absolute Gasteiger partial charge is 0.481 e. The van der Waals surface area contributed by atoms with Crippen molar-refractivity contribution in [3.8, 4) is 0 Å². The lowest BCUT2D eigenvalue weighted by Gasteiger charge is -2.35. The zero-order valence-corrected chi connectivity index (χ0v) is 15.6. The number of nitrogens with zero attached hydrogens (tertiary/aromatic N) is 2. The van der Waals surface area contributed by atoms with Crippen LogP contribution in [0.2, 0.25) is 5.02 Å². The molecule has 0 spiro atoms. The molecule has 26 heavy (non-hydrogen) atoms. The van der Waals surface area contributed by atoms with Gasteiger partial charge in [0.1, 0.15) is 0 Å². The molecule has 1 aliphatic rings. The minimum Gasteiger partial charge on any atom is -0.481 e. The second-order valence-corrected chi connectivity index (χ2v) is 8.46. The second kappa shape index (κ2) is 7.65. The van der Waals surface area contributed by atoms with Crippen LogP contribution in [0, 0.1) is 0 Å². The fourth-order valence-electron chi connectivity index (χ4n) is 2.98. The Hall–Kier alpha value is -2.09. The van der Waals surface area contributed by atoms with Crippen molar-refractivity contribution in [3.05, 3.63) is 59.1 Å². The lowest BCUT2D eigenvalue weighted by atomic mass is 10.2. The monoisotopic (exact) mass is 394 g/mol. The number of sulfonamides is 1. The van der Waals surface area contributed by atoms with Crippen LogP contribution in [0.4, 0.5) is 5.69 Å². The molecule has 138 valence electrons. The van der Waals surface area contributed by atoms with Gasteiger partial charge >= 0.3 is 5.97 Å². The molecule has 1 aliphatic heterocycles. The van der Waals surface area contributed by atoms with E-state index in [1.807, 2.05) is 24.3 Å². The number of halogens is 1. The standard InChI is InChI=1S/C18H19ClN2O4S/c19-15-4-6-16(7-5-15)20-8-10-21(11-9-20)26(24,25)17-3-1-2-14(12-17)13-18(22)23/h1-7,12H,8-11,13H2,(H,22,23). The Morgan fingerprint density at radius 2 is 1.69 bits per heavy atom. The van der Waals surface area contributed by atoms with Gasteiger partial charge in [0.2, 0.25) is 10.0 Å². The van der Waals surface area contributed by atoms with Gasteiger partial charge in [-0.25, -0.2) is 8.42 Å². The first-order valence-electron chi connectivity index (χ1n) is 8.18. The number of carboxylic acid groups (broad SMARTS) is 1. The van der Waals surface area contributed by atoms with Crippen molar-refractivity contribution in [1.29, 1.82) is 0 Å². The molecule has 0 amide bonds. The molecule has 2 aromatic carbocycles. The number of benzene rings is 2. The van der Waals surface area contributed by atoms with E-state index >= 15 is 0 Å². The Bertz CT molecular complexity index is 892. The first-order chi connectivity index (χ1) is 12.4. The summed E-state index contributed by atoms with van der Waals surface area (Å²) in [5.41, 5.74) is 1.48. The summed E-state index contributed by atoms with van der Waals surface area (Å²) in [6, 6.07) is 13.6. The fraction of sp³-hybridized carbons (Fsp3) is 0.278. The Labute approximate surface area is 157 Å². The molecular formula is C18H19ClN2O4S. The highest BCUT2D eigenvalue weighted by atomic mass is 35.5. The van der Waals surface area contributed by atoms with Gasteiger partial charge in [-0.2, -0.15) is 4.31 Å². The number of hydrogen-bond donors (Lipinski definition) is 1. The molecule has 0 aromatic heterocycles. The van der Waals surface area contributed by atoms with Crippen LogP contribution < -0.4 is 4.90 Å². The van der Waals surface area contributed by atoms with E-state index < -0.39 is 16.0 Å². The molecule has 1 saturated heterocycles. The molecule has 1 heterocycles. The van der Waals surface area contributed by atoms with Gasteiger partial charge in [-0.15, -0.1) is 0 Å². The summed E-state index contributed by atoms with van der Waals surface area (Å²) < 4.78 is 27.2. The number of anilines is 1. The maximum Gasteiger partial charge on any atom is 0.307 e. The molecule has 0 unspecified atom stereocenters. The average Bonchev–Trinajstić information content (AvgIpc) is 2.62. The predicted molar refractivity (Wildman–Crippen MR) is 100 cm³/mol. The molecule has 2 aromatic rings. The fourth-order valence-corrected chi connectivity index (χ4v) is 4.60. The van der Waals surface area contributed by atoms with E-state index in [0.717, 1.165) is 5.69 Å². The summed E-state index contributed by atoms with van der Waals surface area (Å²) in [7, 11) is -3.64. The maximum atomic E-state index is 12.9. The lowest BCUT2D eigenvalue weighted by molar-refractivity contribution is -0.136. The minimum atomic E-state index is -3.64. The SMILES string of the molecule is O=C(O)Cc1cccc(S(=O)(=O)N2CCN(c3ccc(Cl)cc3)CC2)c1. The van der Waals surface area contributed by atoms with Crippen molar-refractivity contribution in [2.45, 2.75) is 11.3 Å². The third-order valence-electron chi connectivity index (χ3n) is 4.32. The van der Waals surface area contributed by atoms with Crippen LogP contribution in [-0.2, 0) is 21.2 Å². The molecule has 0 atom stereocenters. The highest BCUT2D eigenvalue weighted by molar-refractivity contribution is 7.89. The van der Waals surface area contributed by atoms with Crippen LogP contribution >= 0.6 is 11.6 Å². The average molecular weight is 395 g/mol. The lowest BCUT2D eigenvalue weighted by Crippen LogP contribution is -2.48. The molecule has 1 N–H and O–H groups in total. The van der Waals surface area contributed by atoms with E-state index in [1.54, 1.807) is 12.1 Å². The van der Waals surface area contributed by atoms with Crippen molar-refractivity contribution in [3.63, 3.8) is 0 Å². The number of rotatable bonds is 5. The normalized spacial score (nSPS) is 15.8. The number of carbonyl (C=O) groups is 1. The van der Waals surface area contributed by atoms with Gasteiger partial charge in [-0.1, -0.05) is 23.7 Å². The number of carboxylic acids is 1. The topological polar surface area (TPSA) is 77.9 Å². The van der Waals surface area contributed by atoms with Gasteiger partial charge in [-0.05, 0) is 42.0 Å². The maximum absolute atomic E-state index is 12.9. The third kappa shape index (κ3) is 4.17. The highest BCUT2D eigenvalue weighted by Gasteiger charge is 2.28. The quantitative estimate of drug-likeness (QED) is 0.842. The van der Waals surface area contributed by atoms with Crippen LogP contribution in [0.25, 0.3) is 0 Å². The van der Waals surface area contributed by atoms with Crippen molar-refractivity contribution in [2.75, 3.05) is 31.1 Å². The molecule has 8 heteroatoms. The van der Waals surface area contributed by atoms with Gasteiger partial charge < -0.3 is 10.0 Å². The highest BCUT2D eigenvalue weighted by Crippen LogP contribution is 2.23. The van der Waals surface area contributed by atoms with E-state index in [-0.39, 0.29) is 11.3 Å². The minimum absolute atomic E-state index is 0.135. The van der Waals surface area contributed by atoms with Gasteiger partial charge in [0.25, 0.3) is 0 Å². The summed E-state index contributed by atoms with van der Waals surface area (Å²) in [6.07, 6.45) is -0.201. The Balaban J connectivity index is 1.71. The molecule has 0 saturated carbocycles. The van der Waals surface area contributed by atoms with Crippen LogP contribution in [-0.4, -0.2) is 50.0 Å². The van der Waals surface area contributed by atoms with Crippen LogP contribution in [0.1, 0.15) is 5.56 Å². The van der Waals surface area contributed by atoms with Crippen molar-refractivity contribution in [2.24, 2.45) is 0 Å². The summed E-state index contributed by atoms with van der Waals surface area (Å²) in [5, 5.41) is 9.55. The zero-order chi connectivity index (χ0) is 18.7. The number of aliphatic carboxylic acids is 1. The van der Waals surface area contributed by atoms with Crippen LogP contribution in [0.3, 0.4) is 0 Å². The molecule has 0 radical (unpaired) electrons. The third-order valence-corrected chi connectivity index (χ3v) is 6.47. The van der Waals surface area contributed by atoms with E-state index in [4.69, 9.17) is 16.7 Å². The summed E-state index contributed by atoms with van der Waals surface area (Å²) in [4.78, 5) is 13.1. The molecule has 6 nitrogen and oxygen atoms in total. The Morgan fingerprint density at radius 3 is 2.31 bits per heavy atom. The Kier molecular flexibility index (Phi) is 5.50. The number of hydrogen-bond acceptors (Lipinski definition) is 4. The summed E-state index contributed by atoms with van der Waals surface area (Å²) in [5.74, 6) is -0.990. The van der Waals surface area contributed by atoms with Gasteiger partial charge in [0, 0.05) is 36.9 Å². The summed E-state index contributed by atoms with van der Waals surface area (Å²) >= 11 is 5.90. The molecule has 0 aliphatic carbocycles. The van der Waals surface area contributed by atoms with E-state index in [2.05, 4.69) is 4.90 Å². The second-order valence-electron chi connectivity index (χ2n) is 6.09. The smallest absolute Gasteiger partial charge is 0.307 e. The van der Waals surface area contributed by atoms with E-state index in [9.17, 15) is 13.2 Å². The first-order valence-corrected chi connectivity index (χ1v) is 9.99. The molecule has 3 rings (SSSR count). The van der Waals surface area contributed by atoms with E-state index in [0.29, 0.717) is 36.8 Å². The van der Waals surface area contributed by atoms with Crippen molar-refractivity contribution in [1.82, 2.24) is 4.31 Å². The Morgan fingerprint density at radius 1 is 1.04 bits per heavy atom. The van der Waals surface area contributed by atoms with E-state index in [1.165, 1.54) is 16.4 Å². The number of piperazine rings is 1. The van der Waals surface area contributed by atoms with Gasteiger partial charge in [0.05, 0.1) is 11.3 Å². The first kappa shape index (κ1) is 18.7. The zero-order valence-electron chi connectivity index (χ0n) is 14.0. The van der Waals surface area contributed by atoms with Gasteiger partial charge in [-0.3, -0.25) is 4.79 Å². The predicted octanol–water partition coefficient (Wildman–Crippen LogP) is 2.48. The summed E-state index contributed by atoms with van der Waals surface area (Å²) in [6.45, 7) is 1.90. The molecule has 0 bridgehead atoms. The van der Waals surface area contributed by atoms with Crippen LogP contribution in [0.15, 0.2) is 53.4 Å². The van der Waals surface area contributed by atoms with Crippen LogP contribution in [0.5, 0.6) is 0 Å².